The molecule has 4 saturated carbocycles. The Bertz CT molecular complexity index is 1360. The minimum Gasteiger partial charge on any atom is -0.462 e. The van der Waals surface area contributed by atoms with Gasteiger partial charge in [-0.1, -0.05) is 72.2 Å². The van der Waals surface area contributed by atoms with Crippen LogP contribution < -0.4 is 5.32 Å². The highest BCUT2D eigenvalue weighted by Gasteiger charge is 2.70. The van der Waals surface area contributed by atoms with Crippen LogP contribution >= 0.6 is 0 Å². The molecule has 0 spiro atoms. The van der Waals surface area contributed by atoms with Crippen molar-refractivity contribution in [3.63, 3.8) is 0 Å². The van der Waals surface area contributed by atoms with E-state index in [0.29, 0.717) is 11.7 Å². The lowest BCUT2D eigenvalue weighted by Gasteiger charge is -2.70. The van der Waals surface area contributed by atoms with E-state index in [-0.39, 0.29) is 56.9 Å². The van der Waals surface area contributed by atoms with Crippen molar-refractivity contribution < 1.29 is 19.1 Å². The van der Waals surface area contributed by atoms with Gasteiger partial charge in [0.05, 0.1) is 0 Å². The number of hydrogen-bond acceptors (Lipinski definition) is 4. The summed E-state index contributed by atoms with van der Waals surface area (Å²) >= 11 is 0. The number of nitrogens with one attached hydrogen (secondary N) is 1. The van der Waals surface area contributed by atoms with Gasteiger partial charge in [0.25, 0.3) is 0 Å². The Morgan fingerprint density at radius 3 is 2.21 bits per heavy atom. The van der Waals surface area contributed by atoms with Crippen molar-refractivity contribution in [2.24, 2.45) is 50.2 Å². The third-order valence-electron chi connectivity index (χ3n) is 14.4. The number of fused-ring (bicyclic) bond motifs is 7. The van der Waals surface area contributed by atoms with Crippen molar-refractivity contribution in [2.45, 2.75) is 119 Å². The smallest absolute Gasteiger partial charge is 0.302 e. The summed E-state index contributed by atoms with van der Waals surface area (Å²) in [7, 11) is 0. The number of para-hydroxylation sites is 1. The maximum absolute atomic E-state index is 14.6. The highest BCUT2D eigenvalue weighted by Crippen LogP contribution is 2.75. The lowest BCUT2D eigenvalue weighted by Crippen LogP contribution is -2.66. The molecule has 6 rings (SSSR count). The molecule has 5 aliphatic rings. The molecular weight excluding hydrogens is 534 g/mol. The van der Waals surface area contributed by atoms with E-state index in [2.05, 4.69) is 59.9 Å². The van der Waals surface area contributed by atoms with Crippen LogP contribution in [0.4, 0.5) is 5.69 Å². The first kappa shape index (κ1) is 30.6. The number of hydrogen-bond donors (Lipinski definition) is 1. The zero-order valence-electron chi connectivity index (χ0n) is 27.8. The maximum Gasteiger partial charge on any atom is 0.302 e. The van der Waals surface area contributed by atoms with Gasteiger partial charge in [-0.15, -0.1) is 0 Å². The lowest BCUT2D eigenvalue weighted by atomic mass is 9.33. The summed E-state index contributed by atoms with van der Waals surface area (Å²) in [6.45, 7) is 17.9. The number of allylic oxidation sites excluding steroid dienone is 2. The molecule has 0 saturated heterocycles. The zero-order chi connectivity index (χ0) is 31.2. The van der Waals surface area contributed by atoms with Crippen molar-refractivity contribution in [1.29, 1.82) is 0 Å². The molecule has 1 aromatic rings. The molecule has 1 N–H and O–H groups in total. The zero-order valence-corrected chi connectivity index (χ0v) is 27.8. The van der Waals surface area contributed by atoms with E-state index in [4.69, 9.17) is 4.74 Å². The standard InChI is InChI=1S/C38H53NO4/c1-24(40)43-30-15-16-36(6)29(33(30,2)3)14-17-38(8)31(36)28(41)22-26-27-23-35(5,32(42)39-25-12-10-9-11-13-25)19-18-34(27,4)20-21-37(26,38)7/h9-13,22,27,29-31H,14-21,23H2,1-8H3,(H,39,42)/t27-,29+,30+,31+,34-,35+,36+,37+,38+/m0/s1. The molecule has 0 aromatic heterocycles. The van der Waals surface area contributed by atoms with Crippen LogP contribution in [0, 0.1) is 50.2 Å². The number of carbonyl (C=O) groups excluding carboxylic acids is 3. The molecule has 1 amide bonds. The number of ketones is 1. The van der Waals surface area contributed by atoms with Crippen LogP contribution in [-0.4, -0.2) is 23.8 Å². The average Bonchev–Trinajstić information content (AvgIpc) is 2.93. The van der Waals surface area contributed by atoms with Crippen molar-refractivity contribution >= 4 is 23.3 Å². The van der Waals surface area contributed by atoms with Crippen LogP contribution in [0.15, 0.2) is 42.0 Å². The molecule has 0 heterocycles. The van der Waals surface area contributed by atoms with Gasteiger partial charge in [-0.3, -0.25) is 14.4 Å². The van der Waals surface area contributed by atoms with E-state index in [9.17, 15) is 14.4 Å². The van der Waals surface area contributed by atoms with Crippen molar-refractivity contribution in [1.82, 2.24) is 0 Å². The first-order valence-corrected chi connectivity index (χ1v) is 16.8. The SMILES string of the molecule is CC(=O)O[C@@H]1CC[C@]2(C)[C@H](CC[C@]3(C)[C@@H]2C(=O)C=C2[C@@H]4C[C@](C)(C(=O)Nc5ccccc5)CC[C@@]4(C)CC[C@]23C)C1(C)C. The summed E-state index contributed by atoms with van der Waals surface area (Å²) in [6.07, 6.45) is 10.6. The molecule has 0 bridgehead atoms. The normalized spacial score (nSPS) is 44.9. The van der Waals surface area contributed by atoms with E-state index in [1.807, 2.05) is 30.3 Å². The molecule has 0 radical (unpaired) electrons. The monoisotopic (exact) mass is 587 g/mol. The fourth-order valence-corrected chi connectivity index (χ4v) is 11.6. The van der Waals surface area contributed by atoms with Crippen LogP contribution in [-0.2, 0) is 19.1 Å². The Labute approximate surface area is 259 Å². The minimum absolute atomic E-state index is 0.0502. The number of ether oxygens (including phenoxy) is 1. The second-order valence-electron chi connectivity index (χ2n) is 17.0. The van der Waals surface area contributed by atoms with Gasteiger partial charge in [0, 0.05) is 29.4 Å². The lowest BCUT2D eigenvalue weighted by molar-refractivity contribution is -0.210. The van der Waals surface area contributed by atoms with Gasteiger partial charge in [0.1, 0.15) is 6.10 Å². The largest absolute Gasteiger partial charge is 0.462 e. The number of rotatable bonds is 3. The van der Waals surface area contributed by atoms with Crippen molar-refractivity contribution in [3.05, 3.63) is 42.0 Å². The Kier molecular flexibility index (Phi) is 6.96. The molecule has 4 fully saturated rings. The maximum atomic E-state index is 14.6. The van der Waals surface area contributed by atoms with Crippen LogP contribution in [0.25, 0.3) is 0 Å². The predicted molar refractivity (Wildman–Crippen MR) is 170 cm³/mol. The molecule has 0 unspecified atom stereocenters. The van der Waals surface area contributed by atoms with Gasteiger partial charge in [0.15, 0.2) is 5.78 Å². The topological polar surface area (TPSA) is 72.5 Å². The third-order valence-corrected chi connectivity index (χ3v) is 14.4. The first-order valence-electron chi connectivity index (χ1n) is 16.8. The van der Waals surface area contributed by atoms with Gasteiger partial charge >= 0.3 is 5.97 Å². The van der Waals surface area contributed by atoms with E-state index in [1.165, 1.54) is 12.5 Å². The van der Waals surface area contributed by atoms with Crippen LogP contribution in [0.5, 0.6) is 0 Å². The number of amides is 1. The number of carbonyl (C=O) groups is 3. The molecule has 1 aromatic carbocycles. The summed E-state index contributed by atoms with van der Waals surface area (Å²) in [4.78, 5) is 40.4. The first-order chi connectivity index (χ1) is 20.0. The molecule has 234 valence electrons. The predicted octanol–water partition coefficient (Wildman–Crippen LogP) is 8.54. The van der Waals surface area contributed by atoms with Gasteiger partial charge in [0.2, 0.25) is 5.91 Å². The van der Waals surface area contributed by atoms with Crippen LogP contribution in [0.3, 0.4) is 0 Å². The quantitative estimate of drug-likeness (QED) is 0.360. The molecule has 5 nitrogen and oxygen atoms in total. The number of benzene rings is 1. The fraction of sp³-hybridized carbons (Fsp3) is 0.711. The van der Waals surface area contributed by atoms with Gasteiger partial charge in [-0.05, 0) is 109 Å². The van der Waals surface area contributed by atoms with Crippen LogP contribution in [0.2, 0.25) is 0 Å². The summed E-state index contributed by atoms with van der Waals surface area (Å²) in [5, 5.41) is 3.21. The Morgan fingerprint density at radius 2 is 1.53 bits per heavy atom. The molecule has 5 aliphatic carbocycles. The van der Waals surface area contributed by atoms with Gasteiger partial charge in [-0.25, -0.2) is 0 Å². The second kappa shape index (κ2) is 9.78. The van der Waals surface area contributed by atoms with Crippen molar-refractivity contribution in [2.75, 3.05) is 5.32 Å². The van der Waals surface area contributed by atoms with E-state index < -0.39 is 5.41 Å². The third kappa shape index (κ3) is 4.33. The summed E-state index contributed by atoms with van der Waals surface area (Å²) in [5.41, 5.74) is 1.22. The molecular formula is C38H53NO4. The number of anilines is 1. The van der Waals surface area contributed by atoms with Crippen LogP contribution in [0.1, 0.15) is 113 Å². The van der Waals surface area contributed by atoms with Gasteiger partial charge < -0.3 is 10.1 Å². The van der Waals surface area contributed by atoms with E-state index in [0.717, 1.165) is 63.5 Å². The Balaban J connectivity index is 1.36. The molecule has 0 aliphatic heterocycles. The Hall–Kier alpha value is -2.43. The fourth-order valence-electron chi connectivity index (χ4n) is 11.6. The summed E-state index contributed by atoms with van der Waals surface area (Å²) in [6, 6.07) is 9.78. The molecule has 9 atom stereocenters. The van der Waals surface area contributed by atoms with Crippen molar-refractivity contribution in [3.8, 4) is 0 Å². The average molecular weight is 588 g/mol. The summed E-state index contributed by atoms with van der Waals surface area (Å²) in [5.74, 6) is 0.667. The van der Waals surface area contributed by atoms with E-state index >= 15 is 0 Å². The highest BCUT2D eigenvalue weighted by atomic mass is 16.5. The van der Waals surface area contributed by atoms with E-state index in [1.54, 1.807) is 0 Å². The Morgan fingerprint density at radius 1 is 0.860 bits per heavy atom. The number of esters is 1. The minimum atomic E-state index is -0.483. The molecule has 5 heteroatoms. The second-order valence-corrected chi connectivity index (χ2v) is 17.0. The highest BCUT2D eigenvalue weighted by molar-refractivity contribution is 5.96. The van der Waals surface area contributed by atoms with Gasteiger partial charge in [-0.2, -0.15) is 0 Å². The molecule has 43 heavy (non-hydrogen) atoms. The summed E-state index contributed by atoms with van der Waals surface area (Å²) < 4.78 is 5.87.